The van der Waals surface area contributed by atoms with E-state index in [9.17, 15) is 18.0 Å². The fraction of sp³-hybridized carbons (Fsp3) is 0.235. The summed E-state index contributed by atoms with van der Waals surface area (Å²) in [5.41, 5.74) is 1.03. The Morgan fingerprint density at radius 3 is 2.68 bits per heavy atom. The van der Waals surface area contributed by atoms with Gasteiger partial charge < -0.3 is 4.74 Å². The van der Waals surface area contributed by atoms with Crippen LogP contribution in [-0.4, -0.2) is 15.9 Å². The molecule has 0 aliphatic heterocycles. The number of para-hydroxylation sites is 1. The summed E-state index contributed by atoms with van der Waals surface area (Å²) in [5.74, 6) is -1.51. The van der Waals surface area contributed by atoms with Crippen molar-refractivity contribution in [3.05, 3.63) is 52.8 Å². The highest BCUT2D eigenvalue weighted by molar-refractivity contribution is 7.17. The predicted octanol–water partition coefficient (Wildman–Crippen LogP) is 4.42. The van der Waals surface area contributed by atoms with Crippen LogP contribution >= 0.6 is 11.3 Å². The second-order valence-corrected chi connectivity index (χ2v) is 6.15. The van der Waals surface area contributed by atoms with Gasteiger partial charge in [0, 0.05) is 0 Å². The molecule has 0 aliphatic rings. The average molecular weight is 366 g/mol. The summed E-state index contributed by atoms with van der Waals surface area (Å²) >= 11 is 1.19. The monoisotopic (exact) mass is 366 g/mol. The Hall–Kier alpha value is -2.48. The van der Waals surface area contributed by atoms with E-state index in [1.54, 1.807) is 17.5 Å². The molecule has 1 aromatic carbocycles. The van der Waals surface area contributed by atoms with Crippen LogP contribution in [0, 0.1) is 0 Å². The summed E-state index contributed by atoms with van der Waals surface area (Å²) in [4.78, 5) is 19.3. The van der Waals surface area contributed by atoms with Crippen LogP contribution in [0.1, 0.15) is 24.0 Å². The highest BCUT2D eigenvalue weighted by atomic mass is 32.1. The highest BCUT2D eigenvalue weighted by Gasteiger charge is 2.35. The van der Waals surface area contributed by atoms with E-state index in [4.69, 9.17) is 4.74 Å². The number of benzene rings is 1. The molecule has 0 fully saturated rings. The molecular formula is C17H13F3N2O2S. The zero-order valence-corrected chi connectivity index (χ0v) is 13.9. The van der Waals surface area contributed by atoms with E-state index < -0.39 is 18.0 Å². The molecule has 3 rings (SSSR count). The molecule has 4 nitrogen and oxygen atoms in total. The van der Waals surface area contributed by atoms with Crippen molar-refractivity contribution in [2.24, 2.45) is 0 Å². The largest absolute Gasteiger partial charge is 0.451 e. The lowest BCUT2D eigenvalue weighted by Gasteiger charge is -2.10. The second kappa shape index (κ2) is 6.79. The first-order chi connectivity index (χ1) is 11.9. The molecule has 0 saturated carbocycles. The molecule has 0 N–H and O–H groups in total. The molecule has 25 heavy (non-hydrogen) atoms. The number of ether oxygens (including phenoxy) is 1. The molecule has 0 spiro atoms. The number of hydrogen-bond acceptors (Lipinski definition) is 5. The van der Waals surface area contributed by atoms with Gasteiger partial charge >= 0.3 is 12.1 Å². The number of aryl methyl sites for hydroxylation is 1. The van der Waals surface area contributed by atoms with Crippen LogP contribution in [0.15, 0.2) is 35.7 Å². The SMILES string of the molecule is CCc1ccccc1OC(=O)Cc1nc(C(F)(F)F)nc2ccsc12. The Morgan fingerprint density at radius 1 is 1.20 bits per heavy atom. The number of carbonyl (C=O) groups excluding carboxylic acids is 1. The molecule has 8 heteroatoms. The Bertz CT molecular complexity index is 922. The first-order valence-electron chi connectivity index (χ1n) is 7.48. The maximum Gasteiger partial charge on any atom is 0.451 e. The van der Waals surface area contributed by atoms with Crippen molar-refractivity contribution in [3.63, 3.8) is 0 Å². The maximum atomic E-state index is 12.9. The molecule has 0 amide bonds. The van der Waals surface area contributed by atoms with Gasteiger partial charge in [-0.1, -0.05) is 25.1 Å². The van der Waals surface area contributed by atoms with Crippen LogP contribution in [0.5, 0.6) is 5.75 Å². The van der Waals surface area contributed by atoms with Crippen LogP contribution in [0.2, 0.25) is 0 Å². The van der Waals surface area contributed by atoms with Gasteiger partial charge in [-0.3, -0.25) is 4.79 Å². The van der Waals surface area contributed by atoms with E-state index in [2.05, 4.69) is 9.97 Å². The lowest BCUT2D eigenvalue weighted by atomic mass is 10.1. The molecule has 3 aromatic rings. The molecule has 130 valence electrons. The third-order valence-electron chi connectivity index (χ3n) is 3.52. The van der Waals surface area contributed by atoms with Crippen LogP contribution in [0.25, 0.3) is 10.2 Å². The molecule has 0 atom stereocenters. The van der Waals surface area contributed by atoms with Gasteiger partial charge in [0.1, 0.15) is 5.75 Å². The third kappa shape index (κ3) is 3.79. The van der Waals surface area contributed by atoms with E-state index in [-0.39, 0.29) is 17.6 Å². The first kappa shape index (κ1) is 17.3. The molecule has 0 bridgehead atoms. The first-order valence-corrected chi connectivity index (χ1v) is 8.36. The smallest absolute Gasteiger partial charge is 0.426 e. The Labute approximate surface area is 145 Å². The Balaban J connectivity index is 1.89. The summed E-state index contributed by atoms with van der Waals surface area (Å²) in [7, 11) is 0. The number of fused-ring (bicyclic) bond motifs is 1. The summed E-state index contributed by atoms with van der Waals surface area (Å²) in [5, 5.41) is 1.61. The van der Waals surface area contributed by atoms with Gasteiger partial charge in [0.2, 0.25) is 5.82 Å². The van der Waals surface area contributed by atoms with Crippen molar-refractivity contribution in [2.75, 3.05) is 0 Å². The fourth-order valence-corrected chi connectivity index (χ4v) is 3.18. The quantitative estimate of drug-likeness (QED) is 0.507. The molecule has 2 aromatic heterocycles. The van der Waals surface area contributed by atoms with E-state index in [1.807, 2.05) is 19.1 Å². The predicted molar refractivity (Wildman–Crippen MR) is 87.6 cm³/mol. The molecular weight excluding hydrogens is 353 g/mol. The number of rotatable bonds is 4. The minimum Gasteiger partial charge on any atom is -0.426 e. The fourth-order valence-electron chi connectivity index (χ4n) is 2.36. The average Bonchev–Trinajstić information content (AvgIpc) is 3.03. The van der Waals surface area contributed by atoms with Gasteiger partial charge in [0.05, 0.1) is 22.3 Å². The normalized spacial score (nSPS) is 11.7. The van der Waals surface area contributed by atoms with Gasteiger partial charge in [-0.2, -0.15) is 13.2 Å². The van der Waals surface area contributed by atoms with Crippen LogP contribution in [0.3, 0.4) is 0 Å². The van der Waals surface area contributed by atoms with Crippen molar-refractivity contribution < 1.29 is 22.7 Å². The number of nitrogens with zero attached hydrogens (tertiary/aromatic N) is 2. The van der Waals surface area contributed by atoms with Gasteiger partial charge in [0.25, 0.3) is 0 Å². The Kier molecular flexibility index (Phi) is 4.71. The summed E-state index contributed by atoms with van der Waals surface area (Å²) in [6, 6.07) is 8.50. The van der Waals surface area contributed by atoms with Crippen molar-refractivity contribution in [1.82, 2.24) is 9.97 Å². The molecule has 0 unspecified atom stereocenters. The van der Waals surface area contributed by atoms with E-state index >= 15 is 0 Å². The highest BCUT2D eigenvalue weighted by Crippen LogP contribution is 2.31. The number of halogens is 3. The Morgan fingerprint density at radius 2 is 1.96 bits per heavy atom. The van der Waals surface area contributed by atoms with Crippen molar-refractivity contribution in [3.8, 4) is 5.75 Å². The van der Waals surface area contributed by atoms with Crippen LogP contribution in [0.4, 0.5) is 13.2 Å². The van der Waals surface area contributed by atoms with Gasteiger partial charge in [-0.25, -0.2) is 9.97 Å². The van der Waals surface area contributed by atoms with Gasteiger partial charge in [-0.15, -0.1) is 11.3 Å². The molecule has 0 saturated heterocycles. The van der Waals surface area contributed by atoms with Gasteiger partial charge in [0.15, 0.2) is 0 Å². The summed E-state index contributed by atoms with van der Waals surface area (Å²) in [6.45, 7) is 1.92. The topological polar surface area (TPSA) is 52.1 Å². The zero-order chi connectivity index (χ0) is 18.0. The summed E-state index contributed by atoms with van der Waals surface area (Å²) in [6.07, 6.45) is -4.37. The van der Waals surface area contributed by atoms with E-state index in [1.165, 1.54) is 17.4 Å². The molecule has 0 radical (unpaired) electrons. The third-order valence-corrected chi connectivity index (χ3v) is 4.47. The lowest BCUT2D eigenvalue weighted by Crippen LogP contribution is -2.17. The minimum atomic E-state index is -4.68. The van der Waals surface area contributed by atoms with E-state index in [0.29, 0.717) is 16.9 Å². The number of carbonyl (C=O) groups is 1. The summed E-state index contributed by atoms with van der Waals surface area (Å²) < 4.78 is 44.6. The molecule has 0 aliphatic carbocycles. The van der Waals surface area contributed by atoms with E-state index in [0.717, 1.165) is 5.56 Å². The number of esters is 1. The van der Waals surface area contributed by atoms with Crippen LogP contribution in [-0.2, 0) is 23.8 Å². The van der Waals surface area contributed by atoms with Crippen LogP contribution < -0.4 is 4.74 Å². The minimum absolute atomic E-state index is 0.0197. The number of hydrogen-bond donors (Lipinski definition) is 0. The van der Waals surface area contributed by atoms with Crippen molar-refractivity contribution in [1.29, 1.82) is 0 Å². The number of alkyl halides is 3. The number of thiophene rings is 1. The maximum absolute atomic E-state index is 12.9. The zero-order valence-electron chi connectivity index (χ0n) is 13.1. The molecule has 2 heterocycles. The van der Waals surface area contributed by atoms with Crippen molar-refractivity contribution in [2.45, 2.75) is 25.9 Å². The van der Waals surface area contributed by atoms with Crippen molar-refractivity contribution >= 4 is 27.5 Å². The second-order valence-electron chi connectivity index (χ2n) is 5.24. The standard InChI is InChI=1S/C17H13F3N2O2S/c1-2-10-5-3-4-6-13(10)24-14(23)9-12-15-11(7-8-25-15)21-16(22-12)17(18,19)20/h3-8H,2,9H2,1H3. The number of aromatic nitrogens is 2. The lowest BCUT2D eigenvalue weighted by molar-refractivity contribution is -0.145. The van der Waals surface area contributed by atoms with Gasteiger partial charge in [-0.05, 0) is 29.5 Å².